The molecule has 2 N–H and O–H groups in total. The average molecular weight is 454 g/mol. The lowest BCUT2D eigenvalue weighted by Gasteiger charge is -2.26. The highest BCUT2D eigenvalue weighted by Gasteiger charge is 2.26. The molecule has 32 heavy (non-hydrogen) atoms. The summed E-state index contributed by atoms with van der Waals surface area (Å²) < 4.78 is 33.4. The Labute approximate surface area is 188 Å². The standard InChI is InChI=1S/C24H27N3O4S/c1-18-6-10-20(11-7-18)26-32(29,30)21-12-8-19(9-13-21)24(28)25-17-22(23-5-4-16-31-23)27-14-2-3-15-27/h4-13,16,22,26H,2-3,14-15,17H2,1H3,(H,25,28). The monoisotopic (exact) mass is 453 g/mol. The van der Waals surface area contributed by atoms with Gasteiger partial charge in [-0.05, 0) is 81.4 Å². The zero-order valence-corrected chi connectivity index (χ0v) is 18.8. The van der Waals surface area contributed by atoms with Crippen molar-refractivity contribution in [2.75, 3.05) is 24.4 Å². The first-order valence-electron chi connectivity index (χ1n) is 10.7. The third kappa shape index (κ3) is 5.20. The highest BCUT2D eigenvalue weighted by atomic mass is 32.2. The number of hydrogen-bond acceptors (Lipinski definition) is 5. The fraction of sp³-hybridized carbons (Fsp3) is 0.292. The van der Waals surface area contributed by atoms with Crippen LogP contribution in [0, 0.1) is 6.92 Å². The molecule has 0 radical (unpaired) electrons. The Balaban J connectivity index is 1.40. The number of nitrogens with one attached hydrogen (secondary N) is 2. The number of furan rings is 1. The molecule has 0 saturated carbocycles. The molecule has 8 heteroatoms. The lowest BCUT2D eigenvalue weighted by molar-refractivity contribution is 0.0933. The second-order valence-electron chi connectivity index (χ2n) is 7.98. The van der Waals surface area contributed by atoms with Crippen LogP contribution in [0.3, 0.4) is 0 Å². The average Bonchev–Trinajstić information content (AvgIpc) is 3.50. The Bertz CT molecular complexity index is 1130. The van der Waals surface area contributed by atoms with Crippen LogP contribution in [0.1, 0.15) is 40.6 Å². The summed E-state index contributed by atoms with van der Waals surface area (Å²) in [5.74, 6) is 0.576. The van der Waals surface area contributed by atoms with Crippen molar-refractivity contribution >= 4 is 21.6 Å². The Morgan fingerprint density at radius 2 is 1.72 bits per heavy atom. The van der Waals surface area contributed by atoms with Crippen molar-refractivity contribution in [3.8, 4) is 0 Å². The highest BCUT2D eigenvalue weighted by molar-refractivity contribution is 7.92. The van der Waals surface area contributed by atoms with Crippen LogP contribution in [-0.4, -0.2) is 38.9 Å². The number of hydrogen-bond donors (Lipinski definition) is 2. The number of sulfonamides is 1. The van der Waals surface area contributed by atoms with E-state index in [0.717, 1.165) is 37.3 Å². The number of amides is 1. The van der Waals surface area contributed by atoms with E-state index in [2.05, 4.69) is 14.9 Å². The van der Waals surface area contributed by atoms with Gasteiger partial charge < -0.3 is 9.73 Å². The lowest BCUT2D eigenvalue weighted by atomic mass is 10.1. The van der Waals surface area contributed by atoms with Crippen LogP contribution < -0.4 is 10.0 Å². The van der Waals surface area contributed by atoms with Crippen molar-refractivity contribution in [2.24, 2.45) is 0 Å². The molecular weight excluding hydrogens is 426 g/mol. The Kier molecular flexibility index (Phi) is 6.62. The van der Waals surface area contributed by atoms with Crippen LogP contribution in [0.15, 0.2) is 76.2 Å². The summed E-state index contributed by atoms with van der Waals surface area (Å²) in [5, 5.41) is 2.96. The molecule has 1 aliphatic rings. The maximum absolute atomic E-state index is 12.7. The summed E-state index contributed by atoms with van der Waals surface area (Å²) in [4.78, 5) is 15.1. The van der Waals surface area contributed by atoms with E-state index in [4.69, 9.17) is 4.42 Å². The summed E-state index contributed by atoms with van der Waals surface area (Å²) in [6.07, 6.45) is 3.92. The Morgan fingerprint density at radius 3 is 2.34 bits per heavy atom. The van der Waals surface area contributed by atoms with Crippen LogP contribution in [0.4, 0.5) is 5.69 Å². The maximum atomic E-state index is 12.7. The molecule has 0 spiro atoms. The predicted molar refractivity (Wildman–Crippen MR) is 123 cm³/mol. The third-order valence-corrected chi connectivity index (χ3v) is 7.04. The normalized spacial score (nSPS) is 15.4. The van der Waals surface area contributed by atoms with Crippen molar-refractivity contribution < 1.29 is 17.6 Å². The molecule has 1 atom stereocenters. The second-order valence-corrected chi connectivity index (χ2v) is 9.66. The van der Waals surface area contributed by atoms with Crippen molar-refractivity contribution in [1.82, 2.24) is 10.2 Å². The van der Waals surface area contributed by atoms with Gasteiger partial charge in [0, 0.05) is 17.8 Å². The van der Waals surface area contributed by atoms with E-state index in [-0.39, 0.29) is 16.8 Å². The van der Waals surface area contributed by atoms with E-state index in [0.29, 0.717) is 17.8 Å². The summed E-state index contributed by atoms with van der Waals surface area (Å²) >= 11 is 0. The molecule has 0 bridgehead atoms. The van der Waals surface area contributed by atoms with Crippen LogP contribution in [-0.2, 0) is 10.0 Å². The smallest absolute Gasteiger partial charge is 0.261 e. The minimum Gasteiger partial charge on any atom is -0.468 e. The summed E-state index contributed by atoms with van der Waals surface area (Å²) in [7, 11) is -3.74. The first-order valence-corrected chi connectivity index (χ1v) is 12.2. The van der Waals surface area contributed by atoms with Gasteiger partial charge in [-0.2, -0.15) is 0 Å². The fourth-order valence-corrected chi connectivity index (χ4v) is 4.91. The number of nitrogens with zero attached hydrogens (tertiary/aromatic N) is 1. The van der Waals surface area contributed by atoms with Gasteiger partial charge in [0.25, 0.3) is 15.9 Å². The third-order valence-electron chi connectivity index (χ3n) is 5.64. The lowest BCUT2D eigenvalue weighted by Crippen LogP contribution is -2.36. The molecule has 3 aromatic rings. The number of carbonyl (C=O) groups is 1. The molecular formula is C24H27N3O4S. The second kappa shape index (κ2) is 9.58. The number of rotatable bonds is 8. The molecule has 1 aliphatic heterocycles. The van der Waals surface area contributed by atoms with E-state index in [1.54, 1.807) is 18.4 Å². The molecule has 1 fully saturated rings. The molecule has 2 aromatic carbocycles. The Morgan fingerprint density at radius 1 is 1.03 bits per heavy atom. The van der Waals surface area contributed by atoms with E-state index in [9.17, 15) is 13.2 Å². The summed E-state index contributed by atoms with van der Waals surface area (Å²) in [6.45, 7) is 4.30. The van der Waals surface area contributed by atoms with Crippen LogP contribution >= 0.6 is 0 Å². The SMILES string of the molecule is Cc1ccc(NS(=O)(=O)c2ccc(C(=O)NCC(c3ccco3)N3CCCC3)cc2)cc1. The number of aryl methyl sites for hydroxylation is 1. The van der Waals surface area contributed by atoms with E-state index >= 15 is 0 Å². The van der Waals surface area contributed by atoms with Gasteiger partial charge in [-0.3, -0.25) is 14.4 Å². The van der Waals surface area contributed by atoms with Gasteiger partial charge in [0.2, 0.25) is 0 Å². The molecule has 1 aromatic heterocycles. The minimum atomic E-state index is -3.74. The molecule has 1 amide bonds. The number of carbonyl (C=O) groups excluding carboxylic acids is 1. The molecule has 0 aliphatic carbocycles. The molecule has 168 valence electrons. The fourth-order valence-electron chi connectivity index (χ4n) is 3.86. The number of anilines is 1. The minimum absolute atomic E-state index is 0.0187. The van der Waals surface area contributed by atoms with Gasteiger partial charge in [0.1, 0.15) is 5.76 Å². The maximum Gasteiger partial charge on any atom is 0.261 e. The predicted octanol–water partition coefficient (Wildman–Crippen LogP) is 3.96. The van der Waals surface area contributed by atoms with E-state index in [1.165, 1.54) is 24.3 Å². The molecule has 4 rings (SSSR count). The van der Waals surface area contributed by atoms with Crippen LogP contribution in [0.25, 0.3) is 0 Å². The summed E-state index contributed by atoms with van der Waals surface area (Å²) in [6, 6.07) is 16.8. The van der Waals surface area contributed by atoms with Crippen molar-refractivity contribution in [3.05, 3.63) is 83.8 Å². The zero-order valence-electron chi connectivity index (χ0n) is 18.0. The molecule has 7 nitrogen and oxygen atoms in total. The van der Waals surface area contributed by atoms with Gasteiger partial charge in [-0.25, -0.2) is 8.42 Å². The van der Waals surface area contributed by atoms with Crippen molar-refractivity contribution in [3.63, 3.8) is 0 Å². The van der Waals surface area contributed by atoms with Crippen molar-refractivity contribution in [1.29, 1.82) is 0 Å². The zero-order chi connectivity index (χ0) is 22.6. The van der Waals surface area contributed by atoms with E-state index in [1.807, 2.05) is 31.2 Å². The van der Waals surface area contributed by atoms with Gasteiger partial charge in [-0.1, -0.05) is 17.7 Å². The topological polar surface area (TPSA) is 91.6 Å². The van der Waals surface area contributed by atoms with Crippen molar-refractivity contribution in [2.45, 2.75) is 30.7 Å². The largest absolute Gasteiger partial charge is 0.468 e. The van der Waals surface area contributed by atoms with Gasteiger partial charge in [0.05, 0.1) is 17.2 Å². The first-order chi connectivity index (χ1) is 15.4. The van der Waals surface area contributed by atoms with Gasteiger partial charge in [0.15, 0.2) is 0 Å². The quantitative estimate of drug-likeness (QED) is 0.539. The first kappa shape index (κ1) is 22.1. The Hall–Kier alpha value is -3.10. The summed E-state index contributed by atoms with van der Waals surface area (Å²) in [5.41, 5.74) is 1.93. The van der Waals surface area contributed by atoms with Crippen LogP contribution in [0.5, 0.6) is 0 Å². The molecule has 1 unspecified atom stereocenters. The molecule has 2 heterocycles. The van der Waals surface area contributed by atoms with Crippen LogP contribution in [0.2, 0.25) is 0 Å². The molecule has 1 saturated heterocycles. The van der Waals surface area contributed by atoms with Gasteiger partial charge >= 0.3 is 0 Å². The van der Waals surface area contributed by atoms with E-state index < -0.39 is 10.0 Å². The number of likely N-dealkylation sites (tertiary alicyclic amines) is 1. The number of benzene rings is 2. The highest BCUT2D eigenvalue weighted by Crippen LogP contribution is 2.25. The van der Waals surface area contributed by atoms with Gasteiger partial charge in [-0.15, -0.1) is 0 Å².